The second-order valence-electron chi connectivity index (χ2n) is 6.51. The van der Waals surface area contributed by atoms with Crippen LogP contribution >= 0.6 is 0 Å². The highest BCUT2D eigenvalue weighted by molar-refractivity contribution is 5.94. The topological polar surface area (TPSA) is 76.1 Å². The third kappa shape index (κ3) is 5.30. The molecule has 3 rings (SSSR count). The van der Waals surface area contributed by atoms with Crippen molar-refractivity contribution >= 4 is 23.2 Å². The van der Waals surface area contributed by atoms with E-state index < -0.39 is 0 Å². The van der Waals surface area contributed by atoms with Gasteiger partial charge in [0.25, 0.3) is 0 Å². The van der Waals surface area contributed by atoms with Crippen LogP contribution in [0.1, 0.15) is 28.5 Å². The van der Waals surface area contributed by atoms with Crippen molar-refractivity contribution in [3.05, 3.63) is 71.4 Å². The van der Waals surface area contributed by atoms with E-state index in [-0.39, 0.29) is 5.78 Å². The minimum atomic E-state index is 0.0425. The first kappa shape index (κ1) is 19.4. The predicted octanol–water partition coefficient (Wildman–Crippen LogP) is 4.39. The number of nitrogens with one attached hydrogen (secondary N) is 2. The summed E-state index contributed by atoms with van der Waals surface area (Å²) in [6.45, 7) is 4.23. The summed E-state index contributed by atoms with van der Waals surface area (Å²) < 4.78 is 5.26. The molecule has 0 aliphatic carbocycles. The molecule has 0 atom stereocenters. The van der Waals surface area contributed by atoms with Crippen LogP contribution in [0.15, 0.2) is 54.6 Å². The van der Waals surface area contributed by atoms with Crippen LogP contribution in [0, 0.1) is 6.92 Å². The number of nitrogens with zero attached hydrogens (tertiary/aromatic N) is 2. The quantitative estimate of drug-likeness (QED) is 0.568. The lowest BCUT2D eigenvalue weighted by molar-refractivity contribution is 0.101. The Morgan fingerprint density at radius 2 is 1.86 bits per heavy atom. The Balaban J connectivity index is 1.63. The van der Waals surface area contributed by atoms with E-state index in [0.29, 0.717) is 11.5 Å². The molecule has 0 amide bonds. The number of ether oxygens (including phenoxy) is 1. The lowest BCUT2D eigenvalue weighted by atomic mass is 10.1. The zero-order valence-electron chi connectivity index (χ0n) is 16.3. The highest BCUT2D eigenvalue weighted by Crippen LogP contribution is 2.17. The van der Waals surface area contributed by atoms with Crippen molar-refractivity contribution in [2.24, 2.45) is 0 Å². The van der Waals surface area contributed by atoms with Gasteiger partial charge in [-0.15, -0.1) is 0 Å². The molecule has 144 valence electrons. The average molecular weight is 376 g/mol. The Labute approximate surface area is 165 Å². The third-order valence-electron chi connectivity index (χ3n) is 4.26. The Morgan fingerprint density at radius 3 is 2.57 bits per heavy atom. The van der Waals surface area contributed by atoms with Gasteiger partial charge in [0.15, 0.2) is 5.78 Å². The monoisotopic (exact) mass is 376 g/mol. The number of rotatable bonds is 8. The number of ketones is 1. The van der Waals surface area contributed by atoms with Gasteiger partial charge in [-0.05, 0) is 62.2 Å². The number of methoxy groups -OCH3 is 1. The van der Waals surface area contributed by atoms with E-state index in [2.05, 4.69) is 26.7 Å². The smallest absolute Gasteiger partial charge is 0.229 e. The second kappa shape index (κ2) is 8.99. The standard InChI is InChI=1S/C22H24N4O2/c1-15-13-21(23-12-11-17-5-4-6-20(14-17)28-3)26-22(24-15)25-19-9-7-18(8-10-19)16(2)27/h4-10,13-14H,11-12H2,1-3H3,(H2,23,24,25,26). The van der Waals surface area contributed by atoms with Crippen molar-refractivity contribution in [1.82, 2.24) is 9.97 Å². The average Bonchev–Trinajstić information content (AvgIpc) is 2.68. The molecule has 1 heterocycles. The third-order valence-corrected chi connectivity index (χ3v) is 4.26. The zero-order chi connectivity index (χ0) is 19.9. The molecule has 2 aromatic carbocycles. The Morgan fingerprint density at radius 1 is 1.07 bits per heavy atom. The van der Waals surface area contributed by atoms with E-state index in [0.717, 1.165) is 35.9 Å². The Kier molecular flexibility index (Phi) is 6.22. The molecule has 0 unspecified atom stereocenters. The fraction of sp³-hybridized carbons (Fsp3) is 0.227. The molecule has 3 aromatic rings. The molecule has 28 heavy (non-hydrogen) atoms. The maximum absolute atomic E-state index is 11.4. The van der Waals surface area contributed by atoms with Crippen LogP contribution in [0.4, 0.5) is 17.5 Å². The highest BCUT2D eigenvalue weighted by Gasteiger charge is 2.05. The van der Waals surface area contributed by atoms with Crippen molar-refractivity contribution in [3.63, 3.8) is 0 Å². The van der Waals surface area contributed by atoms with Gasteiger partial charge < -0.3 is 15.4 Å². The summed E-state index contributed by atoms with van der Waals surface area (Å²) in [5, 5.41) is 6.53. The second-order valence-corrected chi connectivity index (χ2v) is 6.51. The lowest BCUT2D eigenvalue weighted by Crippen LogP contribution is -2.09. The number of hydrogen-bond donors (Lipinski definition) is 2. The normalized spacial score (nSPS) is 10.4. The number of anilines is 3. The lowest BCUT2D eigenvalue weighted by Gasteiger charge is -2.10. The van der Waals surface area contributed by atoms with Gasteiger partial charge in [0.1, 0.15) is 11.6 Å². The first-order valence-corrected chi connectivity index (χ1v) is 9.14. The number of hydrogen-bond acceptors (Lipinski definition) is 6. The van der Waals surface area contributed by atoms with Crippen LogP contribution in [0.25, 0.3) is 0 Å². The summed E-state index contributed by atoms with van der Waals surface area (Å²) >= 11 is 0. The number of benzene rings is 2. The number of carbonyl (C=O) groups excluding carboxylic acids is 1. The van der Waals surface area contributed by atoms with Gasteiger partial charge in [-0.3, -0.25) is 4.79 Å². The van der Waals surface area contributed by atoms with Crippen molar-refractivity contribution in [2.75, 3.05) is 24.3 Å². The van der Waals surface area contributed by atoms with Crippen molar-refractivity contribution < 1.29 is 9.53 Å². The molecule has 0 fully saturated rings. The summed E-state index contributed by atoms with van der Waals surface area (Å²) in [5.41, 5.74) is 3.57. The van der Waals surface area contributed by atoms with Crippen LogP contribution in [0.3, 0.4) is 0 Å². The molecule has 6 nitrogen and oxygen atoms in total. The largest absolute Gasteiger partial charge is 0.497 e. The molecule has 0 aliphatic heterocycles. The molecule has 0 aliphatic rings. The fourth-order valence-electron chi connectivity index (χ4n) is 2.80. The van der Waals surface area contributed by atoms with Crippen molar-refractivity contribution in [1.29, 1.82) is 0 Å². The van der Waals surface area contributed by atoms with Gasteiger partial charge >= 0.3 is 0 Å². The van der Waals surface area contributed by atoms with Crippen molar-refractivity contribution in [3.8, 4) is 5.75 Å². The SMILES string of the molecule is COc1cccc(CCNc2cc(C)nc(Nc3ccc(C(C)=O)cc3)n2)c1. The number of Topliss-reactive ketones (excluding diaryl/α,β-unsaturated/α-hetero) is 1. The van der Waals surface area contributed by atoms with Gasteiger partial charge in [-0.1, -0.05) is 12.1 Å². The summed E-state index contributed by atoms with van der Waals surface area (Å²) in [6, 6.07) is 17.2. The fourth-order valence-corrected chi connectivity index (χ4v) is 2.80. The summed E-state index contributed by atoms with van der Waals surface area (Å²) in [6.07, 6.45) is 0.857. The molecule has 0 saturated carbocycles. The first-order chi connectivity index (χ1) is 13.5. The van der Waals surface area contributed by atoms with E-state index in [9.17, 15) is 4.79 Å². The van der Waals surface area contributed by atoms with Crippen LogP contribution in [-0.2, 0) is 6.42 Å². The maximum atomic E-state index is 11.4. The molecule has 2 N–H and O–H groups in total. The van der Waals surface area contributed by atoms with E-state index >= 15 is 0 Å². The first-order valence-electron chi connectivity index (χ1n) is 9.14. The molecule has 0 saturated heterocycles. The Hall–Kier alpha value is -3.41. The van der Waals surface area contributed by atoms with Gasteiger partial charge in [0.2, 0.25) is 5.95 Å². The molecule has 0 bridgehead atoms. The number of carbonyl (C=O) groups is 1. The van der Waals surface area contributed by atoms with Gasteiger partial charge in [0.05, 0.1) is 7.11 Å². The van der Waals surface area contributed by atoms with Crippen LogP contribution in [0.5, 0.6) is 5.75 Å². The minimum absolute atomic E-state index is 0.0425. The van der Waals surface area contributed by atoms with Crippen LogP contribution in [-0.4, -0.2) is 29.4 Å². The molecule has 6 heteroatoms. The van der Waals surface area contributed by atoms with Crippen molar-refractivity contribution in [2.45, 2.75) is 20.3 Å². The summed E-state index contributed by atoms with van der Waals surface area (Å²) in [5.74, 6) is 2.18. The van der Waals surface area contributed by atoms with Gasteiger partial charge in [-0.25, -0.2) is 4.98 Å². The van der Waals surface area contributed by atoms with Gasteiger partial charge in [0, 0.05) is 29.6 Å². The molecular formula is C22H24N4O2. The van der Waals surface area contributed by atoms with Gasteiger partial charge in [-0.2, -0.15) is 4.98 Å². The van der Waals surface area contributed by atoms with E-state index in [4.69, 9.17) is 4.74 Å². The highest BCUT2D eigenvalue weighted by atomic mass is 16.5. The molecule has 0 spiro atoms. The predicted molar refractivity (Wildman–Crippen MR) is 112 cm³/mol. The van der Waals surface area contributed by atoms with E-state index in [1.54, 1.807) is 26.2 Å². The maximum Gasteiger partial charge on any atom is 0.229 e. The number of aromatic nitrogens is 2. The molecule has 1 aromatic heterocycles. The van der Waals surface area contributed by atoms with Crippen LogP contribution in [0.2, 0.25) is 0 Å². The summed E-state index contributed by atoms with van der Waals surface area (Å²) in [4.78, 5) is 20.3. The molecule has 0 radical (unpaired) electrons. The number of aryl methyl sites for hydroxylation is 1. The van der Waals surface area contributed by atoms with E-state index in [1.165, 1.54) is 5.56 Å². The zero-order valence-corrected chi connectivity index (χ0v) is 16.3. The Bertz CT molecular complexity index is 955. The minimum Gasteiger partial charge on any atom is -0.497 e. The molecular weight excluding hydrogens is 352 g/mol. The summed E-state index contributed by atoms with van der Waals surface area (Å²) in [7, 11) is 1.67. The van der Waals surface area contributed by atoms with E-state index in [1.807, 2.05) is 43.3 Å². The van der Waals surface area contributed by atoms with Crippen LogP contribution < -0.4 is 15.4 Å².